The van der Waals surface area contributed by atoms with Gasteiger partial charge in [0.25, 0.3) is 0 Å². The first-order chi connectivity index (χ1) is 7.67. The van der Waals surface area contributed by atoms with Crippen LogP contribution in [0.25, 0.3) is 0 Å². The number of hydrogen-bond acceptors (Lipinski definition) is 2. The van der Waals surface area contributed by atoms with Crippen molar-refractivity contribution in [2.45, 2.75) is 26.7 Å². The van der Waals surface area contributed by atoms with Gasteiger partial charge in [0, 0.05) is 19.3 Å². The van der Waals surface area contributed by atoms with E-state index in [1.807, 2.05) is 0 Å². The van der Waals surface area contributed by atoms with E-state index in [1.165, 1.54) is 11.3 Å². The molecule has 2 nitrogen and oxygen atoms in total. The number of hydrogen-bond donors (Lipinski definition) is 1. The number of benzene rings is 1. The summed E-state index contributed by atoms with van der Waals surface area (Å²) < 4.78 is 0. The molecule has 0 saturated carbocycles. The predicted molar refractivity (Wildman–Crippen MR) is 71.9 cm³/mol. The maximum atomic E-state index is 5.62. The molecule has 1 aromatic rings. The van der Waals surface area contributed by atoms with Gasteiger partial charge in [0.1, 0.15) is 0 Å². The molecule has 90 valence electrons. The van der Waals surface area contributed by atoms with E-state index in [4.69, 9.17) is 5.73 Å². The van der Waals surface area contributed by atoms with Gasteiger partial charge in [-0.2, -0.15) is 0 Å². The van der Waals surface area contributed by atoms with Crippen LogP contribution in [0, 0.1) is 5.92 Å². The minimum Gasteiger partial charge on any atom is -0.375 e. The topological polar surface area (TPSA) is 29.3 Å². The second-order valence-electron chi connectivity index (χ2n) is 4.57. The van der Waals surface area contributed by atoms with Gasteiger partial charge in [-0.25, -0.2) is 0 Å². The summed E-state index contributed by atoms with van der Waals surface area (Å²) in [5.41, 5.74) is 8.31. The van der Waals surface area contributed by atoms with Crippen LogP contribution in [0.5, 0.6) is 0 Å². The summed E-state index contributed by atoms with van der Waals surface area (Å²) in [5.74, 6) is 0.609. The maximum Gasteiger partial charge on any atom is 0.0363 e. The molecule has 0 spiro atoms. The molecule has 0 amide bonds. The number of nitrogens with two attached hydrogens (primary N) is 1. The molecule has 0 heterocycles. The molecule has 2 N–H and O–H groups in total. The van der Waals surface area contributed by atoms with Crippen molar-refractivity contribution in [3.63, 3.8) is 0 Å². The van der Waals surface area contributed by atoms with Gasteiger partial charge in [-0.3, -0.25) is 0 Å². The van der Waals surface area contributed by atoms with Gasteiger partial charge in [0.15, 0.2) is 0 Å². The molecule has 1 unspecified atom stereocenters. The average Bonchev–Trinajstić information content (AvgIpc) is 2.35. The second-order valence-corrected chi connectivity index (χ2v) is 4.57. The molecule has 1 atom stereocenters. The highest BCUT2D eigenvalue weighted by Gasteiger charge is 2.03. The van der Waals surface area contributed by atoms with Crippen LogP contribution in [0.2, 0.25) is 0 Å². The summed E-state index contributed by atoms with van der Waals surface area (Å²) in [4.78, 5) is 2.30. The van der Waals surface area contributed by atoms with Crippen LogP contribution >= 0.6 is 0 Å². The first kappa shape index (κ1) is 13.0. The van der Waals surface area contributed by atoms with Crippen LogP contribution in [0.1, 0.15) is 25.8 Å². The zero-order valence-corrected chi connectivity index (χ0v) is 10.7. The minimum absolute atomic E-state index is 0.609. The fourth-order valence-electron chi connectivity index (χ4n) is 1.65. The molecular formula is C14H24N2. The highest BCUT2D eigenvalue weighted by atomic mass is 15.1. The van der Waals surface area contributed by atoms with E-state index in [9.17, 15) is 0 Å². The van der Waals surface area contributed by atoms with Gasteiger partial charge in [0.2, 0.25) is 0 Å². The molecule has 0 bridgehead atoms. The number of anilines is 1. The third kappa shape index (κ3) is 3.86. The third-order valence-corrected chi connectivity index (χ3v) is 3.15. The van der Waals surface area contributed by atoms with Crippen LogP contribution in [-0.4, -0.2) is 20.1 Å². The molecule has 0 aliphatic rings. The Hall–Kier alpha value is -1.02. The number of rotatable bonds is 6. The quantitative estimate of drug-likeness (QED) is 0.798. The Balaban J connectivity index is 2.49. The van der Waals surface area contributed by atoms with Crippen LogP contribution < -0.4 is 10.6 Å². The van der Waals surface area contributed by atoms with Crippen molar-refractivity contribution < 1.29 is 0 Å². The normalized spacial score (nSPS) is 12.5. The zero-order chi connectivity index (χ0) is 12.0. The molecule has 0 aliphatic heterocycles. The lowest BCUT2D eigenvalue weighted by Gasteiger charge is -2.21. The molecule has 1 aromatic carbocycles. The van der Waals surface area contributed by atoms with Crippen LogP contribution in [-0.2, 0) is 6.42 Å². The first-order valence-corrected chi connectivity index (χ1v) is 6.17. The molecule has 0 aliphatic carbocycles. The van der Waals surface area contributed by atoms with Gasteiger partial charge < -0.3 is 10.6 Å². The van der Waals surface area contributed by atoms with Crippen molar-refractivity contribution in [3.05, 3.63) is 29.8 Å². The standard InChI is InChI=1S/C14H24N2/c1-4-13-5-7-14(8-6-13)16(3)10-9-12(2)11-15/h5-8,12H,4,9-11,15H2,1-3H3. The van der Waals surface area contributed by atoms with Crippen molar-refractivity contribution in [1.29, 1.82) is 0 Å². The van der Waals surface area contributed by atoms with Crippen molar-refractivity contribution in [2.24, 2.45) is 11.7 Å². The third-order valence-electron chi connectivity index (χ3n) is 3.15. The van der Waals surface area contributed by atoms with Gasteiger partial charge in [-0.1, -0.05) is 26.0 Å². The Morgan fingerprint density at radius 1 is 1.25 bits per heavy atom. The monoisotopic (exact) mass is 220 g/mol. The Bertz CT molecular complexity index is 292. The lowest BCUT2D eigenvalue weighted by molar-refractivity contribution is 0.545. The van der Waals surface area contributed by atoms with Crippen LogP contribution in [0.3, 0.4) is 0 Å². The van der Waals surface area contributed by atoms with E-state index < -0.39 is 0 Å². The van der Waals surface area contributed by atoms with Gasteiger partial charge in [0.05, 0.1) is 0 Å². The number of nitrogens with zero attached hydrogens (tertiary/aromatic N) is 1. The molecule has 16 heavy (non-hydrogen) atoms. The molecule has 2 heteroatoms. The van der Waals surface area contributed by atoms with Gasteiger partial charge >= 0.3 is 0 Å². The Morgan fingerprint density at radius 2 is 1.88 bits per heavy atom. The van der Waals surface area contributed by atoms with Crippen LogP contribution in [0.4, 0.5) is 5.69 Å². The Kier molecular flexibility index (Phi) is 5.33. The van der Waals surface area contributed by atoms with Gasteiger partial charge in [-0.15, -0.1) is 0 Å². The first-order valence-electron chi connectivity index (χ1n) is 6.17. The molecule has 0 radical (unpaired) electrons. The number of aryl methyl sites for hydroxylation is 1. The summed E-state index contributed by atoms with van der Waals surface area (Å²) in [6.07, 6.45) is 2.26. The smallest absolute Gasteiger partial charge is 0.0363 e. The van der Waals surface area contributed by atoms with Gasteiger partial charge in [-0.05, 0) is 43.0 Å². The maximum absolute atomic E-state index is 5.62. The van der Waals surface area contributed by atoms with Crippen molar-refractivity contribution in [2.75, 3.05) is 25.0 Å². The lowest BCUT2D eigenvalue weighted by atomic mass is 10.1. The Morgan fingerprint density at radius 3 is 2.38 bits per heavy atom. The fourth-order valence-corrected chi connectivity index (χ4v) is 1.65. The van der Waals surface area contributed by atoms with E-state index in [2.05, 4.69) is 50.1 Å². The largest absolute Gasteiger partial charge is 0.375 e. The summed E-state index contributed by atoms with van der Waals surface area (Å²) in [6, 6.07) is 8.81. The molecule has 1 rings (SSSR count). The fraction of sp³-hybridized carbons (Fsp3) is 0.571. The van der Waals surface area contributed by atoms with E-state index in [1.54, 1.807) is 0 Å². The summed E-state index contributed by atoms with van der Waals surface area (Å²) in [6.45, 7) is 6.24. The summed E-state index contributed by atoms with van der Waals surface area (Å²) in [7, 11) is 2.14. The molecular weight excluding hydrogens is 196 g/mol. The lowest BCUT2D eigenvalue weighted by Crippen LogP contribution is -2.22. The van der Waals surface area contributed by atoms with Crippen molar-refractivity contribution >= 4 is 5.69 Å². The molecule has 0 aromatic heterocycles. The van der Waals surface area contributed by atoms with E-state index >= 15 is 0 Å². The highest BCUT2D eigenvalue weighted by Crippen LogP contribution is 2.15. The van der Waals surface area contributed by atoms with E-state index in [-0.39, 0.29) is 0 Å². The highest BCUT2D eigenvalue weighted by molar-refractivity contribution is 5.46. The molecule has 0 saturated heterocycles. The van der Waals surface area contributed by atoms with E-state index in [0.29, 0.717) is 5.92 Å². The Labute approximate surface area is 99.5 Å². The zero-order valence-electron chi connectivity index (χ0n) is 10.7. The van der Waals surface area contributed by atoms with Crippen molar-refractivity contribution in [1.82, 2.24) is 0 Å². The average molecular weight is 220 g/mol. The predicted octanol–water partition coefficient (Wildman–Crippen LogP) is 2.67. The van der Waals surface area contributed by atoms with Crippen molar-refractivity contribution in [3.8, 4) is 0 Å². The van der Waals surface area contributed by atoms with E-state index in [0.717, 1.165) is 25.9 Å². The summed E-state index contributed by atoms with van der Waals surface area (Å²) >= 11 is 0. The minimum atomic E-state index is 0.609. The molecule has 0 fully saturated rings. The summed E-state index contributed by atoms with van der Waals surface area (Å²) in [5, 5.41) is 0. The van der Waals surface area contributed by atoms with Crippen LogP contribution in [0.15, 0.2) is 24.3 Å². The SMILES string of the molecule is CCc1ccc(N(C)CCC(C)CN)cc1. The second kappa shape index (κ2) is 6.54.